The van der Waals surface area contributed by atoms with Gasteiger partial charge in [0, 0.05) is 26.7 Å². The number of morpholine rings is 1. The number of aliphatic hydroxyl groups is 1. The Hall–Kier alpha value is -1.22. The Bertz CT molecular complexity index is 326. The maximum absolute atomic E-state index is 11.7. The number of aliphatic hydroxyl groups excluding tert-OH is 1. The molecule has 8 heteroatoms. The van der Waals surface area contributed by atoms with Crippen LogP contribution in [0.3, 0.4) is 0 Å². The van der Waals surface area contributed by atoms with Gasteiger partial charge in [-0.2, -0.15) is 0 Å². The zero-order valence-electron chi connectivity index (χ0n) is 11.9. The third-order valence-electron chi connectivity index (χ3n) is 2.82. The number of carbonyl (C=O) groups excluding carboxylic acids is 2. The summed E-state index contributed by atoms with van der Waals surface area (Å²) < 4.78 is 10.3. The van der Waals surface area contributed by atoms with Gasteiger partial charge in [-0.15, -0.1) is 0 Å². The van der Waals surface area contributed by atoms with Gasteiger partial charge in [0.15, 0.2) is 0 Å². The highest BCUT2D eigenvalue weighted by Crippen LogP contribution is 2.10. The molecule has 0 saturated carbocycles. The number of imide groups is 1. The second-order valence-corrected chi connectivity index (χ2v) is 4.74. The van der Waals surface area contributed by atoms with Gasteiger partial charge in [-0.05, 0) is 6.92 Å². The Kier molecular flexibility index (Phi) is 7.45. The Balaban J connectivity index is 2.28. The normalized spacial score (nSPS) is 23.4. The van der Waals surface area contributed by atoms with Crippen LogP contribution in [-0.2, 0) is 14.3 Å². The number of methoxy groups -OCH3 is 1. The summed E-state index contributed by atoms with van der Waals surface area (Å²) in [5.41, 5.74) is 0. The summed E-state index contributed by atoms with van der Waals surface area (Å²) in [5, 5.41) is 13.8. The zero-order valence-corrected chi connectivity index (χ0v) is 11.9. The molecule has 0 aliphatic carbocycles. The highest BCUT2D eigenvalue weighted by molar-refractivity contribution is 5.95. The summed E-state index contributed by atoms with van der Waals surface area (Å²) in [5.74, 6) is -0.384. The maximum atomic E-state index is 11.7. The third kappa shape index (κ3) is 6.29. The van der Waals surface area contributed by atoms with Gasteiger partial charge in [0.1, 0.15) is 0 Å². The van der Waals surface area contributed by atoms with E-state index in [2.05, 4.69) is 10.6 Å². The van der Waals surface area contributed by atoms with Crippen molar-refractivity contribution in [2.24, 2.45) is 0 Å². The number of urea groups is 1. The number of amides is 3. The Labute approximate surface area is 118 Å². The fourth-order valence-corrected chi connectivity index (χ4v) is 2.05. The van der Waals surface area contributed by atoms with E-state index in [9.17, 15) is 9.59 Å². The minimum atomic E-state index is -0.535. The van der Waals surface area contributed by atoms with Crippen LogP contribution in [0.4, 0.5) is 4.79 Å². The Morgan fingerprint density at radius 2 is 2.20 bits per heavy atom. The summed E-state index contributed by atoms with van der Waals surface area (Å²) in [4.78, 5) is 24.9. The van der Waals surface area contributed by atoms with Crippen molar-refractivity contribution in [1.82, 2.24) is 15.5 Å². The smallest absolute Gasteiger partial charge is 0.321 e. The molecule has 1 fully saturated rings. The summed E-state index contributed by atoms with van der Waals surface area (Å²) >= 11 is 0. The van der Waals surface area contributed by atoms with Gasteiger partial charge in [0.2, 0.25) is 5.91 Å². The average Bonchev–Trinajstić information content (AvgIpc) is 2.37. The molecular weight excluding hydrogens is 266 g/mol. The van der Waals surface area contributed by atoms with E-state index in [0.29, 0.717) is 26.2 Å². The van der Waals surface area contributed by atoms with Crippen LogP contribution in [0.2, 0.25) is 0 Å². The number of hydrogen-bond donors (Lipinski definition) is 3. The van der Waals surface area contributed by atoms with E-state index >= 15 is 0 Å². The Morgan fingerprint density at radius 1 is 1.45 bits per heavy atom. The van der Waals surface area contributed by atoms with Crippen LogP contribution in [0.1, 0.15) is 6.92 Å². The van der Waals surface area contributed by atoms with Crippen LogP contribution >= 0.6 is 0 Å². The highest BCUT2D eigenvalue weighted by Gasteiger charge is 2.26. The molecule has 3 N–H and O–H groups in total. The van der Waals surface area contributed by atoms with Crippen LogP contribution in [0.15, 0.2) is 0 Å². The van der Waals surface area contributed by atoms with Gasteiger partial charge in [-0.25, -0.2) is 4.79 Å². The molecule has 0 aromatic heterocycles. The molecule has 2 atom stereocenters. The van der Waals surface area contributed by atoms with Gasteiger partial charge in [0.05, 0.1) is 32.0 Å². The number of nitrogens with one attached hydrogen (secondary N) is 2. The van der Waals surface area contributed by atoms with Crippen molar-refractivity contribution in [3.63, 3.8) is 0 Å². The average molecular weight is 289 g/mol. The highest BCUT2D eigenvalue weighted by atomic mass is 16.5. The predicted octanol–water partition coefficient (Wildman–Crippen LogP) is -1.46. The zero-order chi connectivity index (χ0) is 15.0. The summed E-state index contributed by atoms with van der Waals surface area (Å²) in [6.07, 6.45) is -0.341. The molecule has 0 aromatic carbocycles. The fourth-order valence-electron chi connectivity index (χ4n) is 2.05. The molecule has 1 aliphatic rings. The monoisotopic (exact) mass is 289 g/mol. The number of nitrogens with zero attached hydrogens (tertiary/aromatic N) is 1. The molecule has 1 heterocycles. The standard InChI is InChI=1S/C12H23N3O5/c1-9-5-15(6-10(8-16)20-9)7-11(17)14-12(18)13-3-4-19-2/h9-10,16H,3-8H2,1-2H3,(H2,13,14,17,18). The maximum Gasteiger partial charge on any atom is 0.321 e. The number of carbonyl (C=O) groups is 2. The van der Waals surface area contributed by atoms with Gasteiger partial charge in [0.25, 0.3) is 0 Å². The van der Waals surface area contributed by atoms with E-state index in [1.54, 1.807) is 0 Å². The largest absolute Gasteiger partial charge is 0.394 e. The van der Waals surface area contributed by atoms with E-state index in [-0.39, 0.29) is 31.3 Å². The van der Waals surface area contributed by atoms with Crippen LogP contribution < -0.4 is 10.6 Å². The minimum Gasteiger partial charge on any atom is -0.394 e. The van der Waals surface area contributed by atoms with Gasteiger partial charge >= 0.3 is 6.03 Å². The van der Waals surface area contributed by atoms with Gasteiger partial charge in [-0.3, -0.25) is 15.0 Å². The first-order valence-corrected chi connectivity index (χ1v) is 6.60. The molecule has 3 amide bonds. The lowest BCUT2D eigenvalue weighted by atomic mass is 10.2. The first kappa shape index (κ1) is 16.8. The molecule has 116 valence electrons. The lowest BCUT2D eigenvalue weighted by Crippen LogP contribution is -2.52. The van der Waals surface area contributed by atoms with Crippen molar-refractivity contribution in [2.45, 2.75) is 19.1 Å². The number of rotatable bonds is 6. The van der Waals surface area contributed by atoms with Crippen LogP contribution in [0.5, 0.6) is 0 Å². The van der Waals surface area contributed by atoms with E-state index in [1.807, 2.05) is 11.8 Å². The topological polar surface area (TPSA) is 100 Å². The molecule has 8 nitrogen and oxygen atoms in total. The van der Waals surface area contributed by atoms with Gasteiger partial charge < -0.3 is 19.9 Å². The molecule has 0 spiro atoms. The second kappa shape index (κ2) is 8.85. The fraction of sp³-hybridized carbons (Fsp3) is 0.833. The first-order chi connectivity index (χ1) is 9.55. The molecular formula is C12H23N3O5. The molecule has 0 aromatic rings. The molecule has 0 bridgehead atoms. The SMILES string of the molecule is COCCNC(=O)NC(=O)CN1CC(C)OC(CO)C1. The third-order valence-corrected chi connectivity index (χ3v) is 2.82. The van der Waals surface area contributed by atoms with Crippen LogP contribution in [-0.4, -0.2) is 80.7 Å². The van der Waals surface area contributed by atoms with Crippen molar-refractivity contribution < 1.29 is 24.2 Å². The van der Waals surface area contributed by atoms with E-state index < -0.39 is 6.03 Å². The molecule has 0 radical (unpaired) electrons. The first-order valence-electron chi connectivity index (χ1n) is 6.60. The van der Waals surface area contributed by atoms with Crippen molar-refractivity contribution in [3.8, 4) is 0 Å². The van der Waals surface area contributed by atoms with Crippen molar-refractivity contribution in [2.75, 3.05) is 46.5 Å². The number of ether oxygens (including phenoxy) is 2. The number of hydrogen-bond acceptors (Lipinski definition) is 6. The summed E-state index contributed by atoms with van der Waals surface area (Å²) in [6.45, 7) is 3.69. The van der Waals surface area contributed by atoms with E-state index in [0.717, 1.165) is 0 Å². The van der Waals surface area contributed by atoms with Crippen molar-refractivity contribution in [1.29, 1.82) is 0 Å². The van der Waals surface area contributed by atoms with Crippen molar-refractivity contribution >= 4 is 11.9 Å². The second-order valence-electron chi connectivity index (χ2n) is 4.74. The molecule has 2 unspecified atom stereocenters. The van der Waals surface area contributed by atoms with Crippen LogP contribution in [0, 0.1) is 0 Å². The molecule has 1 aliphatic heterocycles. The Morgan fingerprint density at radius 3 is 2.85 bits per heavy atom. The summed E-state index contributed by atoms with van der Waals surface area (Å²) in [7, 11) is 1.53. The minimum absolute atomic E-state index is 0.0516. The van der Waals surface area contributed by atoms with E-state index in [4.69, 9.17) is 14.6 Å². The van der Waals surface area contributed by atoms with Crippen molar-refractivity contribution in [3.05, 3.63) is 0 Å². The molecule has 1 saturated heterocycles. The lowest BCUT2D eigenvalue weighted by Gasteiger charge is -2.35. The summed E-state index contributed by atoms with van der Waals surface area (Å²) in [6, 6.07) is -0.535. The predicted molar refractivity (Wildman–Crippen MR) is 71.3 cm³/mol. The lowest BCUT2D eigenvalue weighted by molar-refractivity contribution is -0.127. The van der Waals surface area contributed by atoms with Gasteiger partial charge in [-0.1, -0.05) is 0 Å². The quantitative estimate of drug-likeness (QED) is 0.517. The van der Waals surface area contributed by atoms with E-state index in [1.165, 1.54) is 7.11 Å². The van der Waals surface area contributed by atoms with Crippen LogP contribution in [0.25, 0.3) is 0 Å². The molecule has 20 heavy (non-hydrogen) atoms. The molecule has 1 rings (SSSR count).